The maximum Gasteiger partial charge on any atom is 0.251 e. The highest BCUT2D eigenvalue weighted by atomic mass is 19.3. The van der Waals surface area contributed by atoms with E-state index in [-0.39, 0.29) is 31.7 Å². The van der Waals surface area contributed by atoms with Gasteiger partial charge in [0.25, 0.3) is 5.92 Å². The SMILES string of the molecule is Cc1cc2c3c(N)ncnc3n(-c3c(C)ccc(O)c3C)c2nc1N1CCC(F)(F)CC1. The van der Waals surface area contributed by atoms with Crippen molar-refractivity contribution in [3.63, 3.8) is 0 Å². The smallest absolute Gasteiger partial charge is 0.251 e. The van der Waals surface area contributed by atoms with Crippen LogP contribution in [0.5, 0.6) is 5.75 Å². The van der Waals surface area contributed by atoms with Crippen molar-refractivity contribution in [1.82, 2.24) is 19.5 Å². The molecule has 1 aromatic carbocycles. The molecule has 0 spiro atoms. The maximum atomic E-state index is 13.7. The van der Waals surface area contributed by atoms with Gasteiger partial charge in [-0.1, -0.05) is 6.07 Å². The number of phenolic OH excluding ortho intramolecular Hbond substituents is 1. The largest absolute Gasteiger partial charge is 0.508 e. The predicted molar refractivity (Wildman–Crippen MR) is 121 cm³/mol. The van der Waals surface area contributed by atoms with E-state index in [1.807, 2.05) is 42.4 Å². The van der Waals surface area contributed by atoms with Crippen LogP contribution in [0.15, 0.2) is 24.5 Å². The van der Waals surface area contributed by atoms with Crippen LogP contribution < -0.4 is 10.6 Å². The van der Waals surface area contributed by atoms with Gasteiger partial charge in [0, 0.05) is 36.9 Å². The lowest BCUT2D eigenvalue weighted by Gasteiger charge is -2.33. The monoisotopic (exact) mass is 438 g/mol. The Morgan fingerprint density at radius 1 is 1.03 bits per heavy atom. The number of piperidine rings is 1. The number of phenols is 1. The average molecular weight is 438 g/mol. The fourth-order valence-electron chi connectivity index (χ4n) is 4.61. The zero-order valence-electron chi connectivity index (χ0n) is 18.2. The molecule has 1 aliphatic heterocycles. The standard InChI is InChI=1S/C23H24F2N6O/c1-12-4-5-16(32)14(3)18(12)31-21-15(17-19(26)27-11-28-22(17)31)10-13(2)20(29-21)30-8-6-23(24,25)7-9-30/h4-5,10-11,32H,6-9H2,1-3H3,(H2,26,27,28). The third kappa shape index (κ3) is 3.03. The summed E-state index contributed by atoms with van der Waals surface area (Å²) in [6.45, 7) is 6.17. The van der Waals surface area contributed by atoms with E-state index in [2.05, 4.69) is 9.97 Å². The maximum absolute atomic E-state index is 13.7. The third-order valence-corrected chi connectivity index (χ3v) is 6.34. The lowest BCUT2D eigenvalue weighted by Crippen LogP contribution is -2.40. The van der Waals surface area contributed by atoms with Crippen LogP contribution in [-0.2, 0) is 0 Å². The number of aromatic nitrogens is 4. The summed E-state index contributed by atoms with van der Waals surface area (Å²) < 4.78 is 29.4. The number of aromatic hydroxyl groups is 1. The number of benzene rings is 1. The van der Waals surface area contributed by atoms with Gasteiger partial charge in [-0.3, -0.25) is 4.57 Å². The summed E-state index contributed by atoms with van der Waals surface area (Å²) in [7, 11) is 0. The summed E-state index contributed by atoms with van der Waals surface area (Å²) in [5.41, 5.74) is 10.7. The second kappa shape index (κ2) is 7.01. The van der Waals surface area contributed by atoms with E-state index >= 15 is 0 Å². The number of alkyl halides is 2. The number of rotatable bonds is 2. The van der Waals surface area contributed by atoms with Gasteiger partial charge in [0.05, 0.1) is 11.1 Å². The van der Waals surface area contributed by atoms with E-state index in [0.29, 0.717) is 33.9 Å². The molecular formula is C23H24F2N6O. The summed E-state index contributed by atoms with van der Waals surface area (Å²) in [4.78, 5) is 15.5. The van der Waals surface area contributed by atoms with Gasteiger partial charge in [-0.15, -0.1) is 0 Å². The molecule has 4 aromatic rings. The number of hydrogen-bond acceptors (Lipinski definition) is 6. The first-order valence-electron chi connectivity index (χ1n) is 10.5. The second-order valence-corrected chi connectivity index (χ2v) is 8.51. The van der Waals surface area contributed by atoms with Crippen molar-refractivity contribution in [3.8, 4) is 11.4 Å². The van der Waals surface area contributed by atoms with Crippen LogP contribution in [0, 0.1) is 20.8 Å². The molecule has 0 amide bonds. The van der Waals surface area contributed by atoms with Crippen LogP contribution in [-0.4, -0.2) is 43.6 Å². The second-order valence-electron chi connectivity index (χ2n) is 8.51. The molecule has 7 nitrogen and oxygen atoms in total. The number of aryl methyl sites for hydroxylation is 2. The molecule has 1 saturated heterocycles. The number of nitrogen functional groups attached to an aromatic ring is 1. The molecule has 5 rings (SSSR count). The summed E-state index contributed by atoms with van der Waals surface area (Å²) in [5.74, 6) is -1.48. The predicted octanol–water partition coefficient (Wildman–Crippen LogP) is 4.42. The van der Waals surface area contributed by atoms with Crippen LogP contribution in [0.2, 0.25) is 0 Å². The van der Waals surface area contributed by atoms with E-state index in [0.717, 1.165) is 22.2 Å². The zero-order valence-corrected chi connectivity index (χ0v) is 18.2. The summed E-state index contributed by atoms with van der Waals surface area (Å²) in [6.07, 6.45) is 1.01. The summed E-state index contributed by atoms with van der Waals surface area (Å²) >= 11 is 0. The van der Waals surface area contributed by atoms with Gasteiger partial charge in [0.15, 0.2) is 5.65 Å². The zero-order chi connectivity index (χ0) is 22.8. The van der Waals surface area contributed by atoms with Gasteiger partial charge >= 0.3 is 0 Å². The van der Waals surface area contributed by atoms with E-state index < -0.39 is 5.92 Å². The third-order valence-electron chi connectivity index (χ3n) is 6.34. The minimum Gasteiger partial charge on any atom is -0.508 e. The van der Waals surface area contributed by atoms with Crippen molar-refractivity contribution in [2.75, 3.05) is 23.7 Å². The van der Waals surface area contributed by atoms with Crippen LogP contribution in [0.4, 0.5) is 20.4 Å². The van der Waals surface area contributed by atoms with Crippen molar-refractivity contribution in [2.24, 2.45) is 0 Å². The highest BCUT2D eigenvalue weighted by Crippen LogP contribution is 2.39. The molecule has 0 atom stereocenters. The Morgan fingerprint density at radius 3 is 2.47 bits per heavy atom. The number of nitrogens with zero attached hydrogens (tertiary/aromatic N) is 5. The molecule has 0 bridgehead atoms. The van der Waals surface area contributed by atoms with Gasteiger partial charge in [-0.25, -0.2) is 23.7 Å². The Balaban J connectivity index is 1.83. The number of hydrogen-bond donors (Lipinski definition) is 2. The molecule has 9 heteroatoms. The topological polar surface area (TPSA) is 93.1 Å². The lowest BCUT2D eigenvalue weighted by molar-refractivity contribution is -0.0221. The molecule has 3 aromatic heterocycles. The highest BCUT2D eigenvalue weighted by molar-refractivity contribution is 6.12. The fourth-order valence-corrected chi connectivity index (χ4v) is 4.61. The Morgan fingerprint density at radius 2 is 1.75 bits per heavy atom. The average Bonchev–Trinajstić information content (AvgIpc) is 3.05. The number of halogens is 2. The number of anilines is 2. The molecule has 166 valence electrons. The molecule has 4 heterocycles. The van der Waals surface area contributed by atoms with Crippen molar-refractivity contribution < 1.29 is 13.9 Å². The minimum atomic E-state index is -2.64. The quantitative estimate of drug-likeness (QED) is 0.481. The molecule has 0 saturated carbocycles. The molecule has 0 unspecified atom stereocenters. The highest BCUT2D eigenvalue weighted by Gasteiger charge is 2.35. The van der Waals surface area contributed by atoms with E-state index in [4.69, 9.17) is 10.7 Å². The first-order chi connectivity index (χ1) is 15.2. The van der Waals surface area contributed by atoms with Gasteiger partial charge in [-0.2, -0.15) is 0 Å². The van der Waals surface area contributed by atoms with Gasteiger partial charge in [0.2, 0.25) is 0 Å². The normalized spacial score (nSPS) is 16.2. The molecule has 1 aliphatic rings. The first-order valence-corrected chi connectivity index (χ1v) is 10.5. The minimum absolute atomic E-state index is 0.160. The summed E-state index contributed by atoms with van der Waals surface area (Å²) in [5, 5.41) is 11.9. The molecule has 0 aliphatic carbocycles. The number of nitrogens with two attached hydrogens (primary N) is 1. The van der Waals surface area contributed by atoms with Crippen LogP contribution in [0.3, 0.4) is 0 Å². The molecule has 32 heavy (non-hydrogen) atoms. The molecule has 0 radical (unpaired) electrons. The number of pyridine rings is 1. The molecular weight excluding hydrogens is 414 g/mol. The molecule has 3 N–H and O–H groups in total. The Hall–Kier alpha value is -3.49. The van der Waals surface area contributed by atoms with E-state index in [9.17, 15) is 13.9 Å². The van der Waals surface area contributed by atoms with Crippen LogP contribution in [0.1, 0.15) is 29.5 Å². The van der Waals surface area contributed by atoms with Crippen molar-refractivity contribution in [1.29, 1.82) is 0 Å². The van der Waals surface area contributed by atoms with Crippen molar-refractivity contribution in [3.05, 3.63) is 41.2 Å². The Bertz CT molecular complexity index is 1370. The lowest BCUT2D eigenvalue weighted by atomic mass is 10.1. The van der Waals surface area contributed by atoms with Gasteiger partial charge < -0.3 is 15.7 Å². The fraction of sp³-hybridized carbons (Fsp3) is 0.348. The van der Waals surface area contributed by atoms with Crippen molar-refractivity contribution >= 4 is 33.7 Å². The van der Waals surface area contributed by atoms with Crippen LogP contribution in [0.25, 0.3) is 27.8 Å². The van der Waals surface area contributed by atoms with Gasteiger partial charge in [0.1, 0.15) is 29.4 Å². The van der Waals surface area contributed by atoms with Crippen LogP contribution >= 0.6 is 0 Å². The first kappa shape index (κ1) is 20.4. The van der Waals surface area contributed by atoms with E-state index in [1.165, 1.54) is 6.33 Å². The Kier molecular flexibility index (Phi) is 4.47. The number of fused-ring (bicyclic) bond motifs is 3. The molecule has 1 fully saturated rings. The van der Waals surface area contributed by atoms with Crippen molar-refractivity contribution in [2.45, 2.75) is 39.5 Å². The summed E-state index contributed by atoms with van der Waals surface area (Å²) in [6, 6.07) is 5.46. The Labute approximate surface area is 183 Å². The van der Waals surface area contributed by atoms with E-state index in [1.54, 1.807) is 6.07 Å². The van der Waals surface area contributed by atoms with Gasteiger partial charge in [-0.05, 0) is 44.0 Å².